The largest absolute Gasteiger partial charge is 0.496 e. The summed E-state index contributed by atoms with van der Waals surface area (Å²) < 4.78 is 17.4. The SMILES string of the molecule is COc1ccc2cc1Oc1cccc(OC)c1CNC(=O)[C@@H](C(C)C)NC(=O)CN(C(=O)C1CCN(C(=O)c3ccncc3)CC1)CCCCNC2=O. The average Bonchev–Trinajstić information content (AvgIpc) is 3.17. The van der Waals surface area contributed by atoms with Gasteiger partial charge in [0.1, 0.15) is 17.5 Å². The Balaban J connectivity index is 1.36. The van der Waals surface area contributed by atoms with Crippen LogP contribution in [0.3, 0.4) is 0 Å². The number of nitrogens with one attached hydrogen (secondary N) is 3. The Kier molecular flexibility index (Phi) is 13.2. The first-order valence-corrected chi connectivity index (χ1v) is 17.9. The summed E-state index contributed by atoms with van der Waals surface area (Å²) in [6.07, 6.45) is 5.12. The maximum absolute atomic E-state index is 14.0. The number of nitrogens with zero attached hydrogens (tertiary/aromatic N) is 3. The topological polar surface area (TPSA) is 168 Å². The summed E-state index contributed by atoms with van der Waals surface area (Å²) in [6.45, 7) is 4.85. The van der Waals surface area contributed by atoms with Crippen LogP contribution >= 0.6 is 0 Å². The molecule has 5 rings (SSSR count). The number of likely N-dealkylation sites (tertiary alicyclic amines) is 1. The van der Waals surface area contributed by atoms with Gasteiger partial charge < -0.3 is 40.0 Å². The highest BCUT2D eigenvalue weighted by Gasteiger charge is 2.32. The molecule has 2 bridgehead atoms. The molecule has 1 fully saturated rings. The molecule has 282 valence electrons. The molecule has 2 aromatic carbocycles. The molecule has 53 heavy (non-hydrogen) atoms. The zero-order chi connectivity index (χ0) is 37.9. The zero-order valence-corrected chi connectivity index (χ0v) is 30.7. The number of piperidine rings is 1. The minimum atomic E-state index is -0.890. The number of aromatic nitrogens is 1. The number of fused-ring (bicyclic) bond motifs is 3. The number of hydrogen-bond acceptors (Lipinski definition) is 9. The number of ether oxygens (including phenoxy) is 3. The maximum Gasteiger partial charge on any atom is 0.253 e. The average molecular weight is 729 g/mol. The van der Waals surface area contributed by atoms with E-state index in [1.165, 1.54) is 19.1 Å². The molecular weight excluding hydrogens is 680 g/mol. The molecule has 3 N–H and O–H groups in total. The van der Waals surface area contributed by atoms with E-state index >= 15 is 0 Å². The van der Waals surface area contributed by atoms with E-state index in [9.17, 15) is 24.0 Å². The van der Waals surface area contributed by atoms with Gasteiger partial charge >= 0.3 is 0 Å². The molecule has 1 aromatic heterocycles. The first kappa shape index (κ1) is 38.6. The van der Waals surface area contributed by atoms with Crippen LogP contribution in [0.15, 0.2) is 60.9 Å². The van der Waals surface area contributed by atoms with Crippen LogP contribution in [0.1, 0.15) is 65.8 Å². The minimum Gasteiger partial charge on any atom is -0.496 e. The van der Waals surface area contributed by atoms with Crippen molar-refractivity contribution in [2.24, 2.45) is 11.8 Å². The van der Waals surface area contributed by atoms with Gasteiger partial charge in [-0.15, -0.1) is 0 Å². The molecule has 0 saturated carbocycles. The number of carbonyl (C=O) groups excluding carboxylic acids is 5. The van der Waals surface area contributed by atoms with Crippen molar-refractivity contribution in [2.75, 3.05) is 46.9 Å². The number of methoxy groups -OCH3 is 2. The van der Waals surface area contributed by atoms with Crippen molar-refractivity contribution in [3.05, 3.63) is 77.6 Å². The van der Waals surface area contributed by atoms with E-state index in [-0.39, 0.29) is 49.2 Å². The predicted molar refractivity (Wildman–Crippen MR) is 196 cm³/mol. The molecule has 2 aliphatic heterocycles. The van der Waals surface area contributed by atoms with Crippen LogP contribution < -0.4 is 30.2 Å². The van der Waals surface area contributed by atoms with E-state index in [0.717, 1.165) is 0 Å². The monoisotopic (exact) mass is 728 g/mol. The summed E-state index contributed by atoms with van der Waals surface area (Å²) >= 11 is 0. The molecule has 0 unspecified atom stereocenters. The second kappa shape index (κ2) is 18.2. The lowest BCUT2D eigenvalue weighted by Crippen LogP contribution is -2.53. The van der Waals surface area contributed by atoms with Crippen molar-refractivity contribution in [3.63, 3.8) is 0 Å². The van der Waals surface area contributed by atoms with Crippen molar-refractivity contribution >= 4 is 29.5 Å². The Bertz CT molecular complexity index is 1780. The molecule has 3 aromatic rings. The van der Waals surface area contributed by atoms with Gasteiger partial charge in [-0.25, -0.2) is 0 Å². The molecule has 1 atom stereocenters. The van der Waals surface area contributed by atoms with Crippen LogP contribution in [0, 0.1) is 11.8 Å². The van der Waals surface area contributed by atoms with E-state index in [2.05, 4.69) is 20.9 Å². The molecule has 14 nitrogen and oxygen atoms in total. The fourth-order valence-corrected chi connectivity index (χ4v) is 6.50. The van der Waals surface area contributed by atoms with Crippen molar-refractivity contribution in [3.8, 4) is 23.0 Å². The number of carbonyl (C=O) groups is 5. The third kappa shape index (κ3) is 9.82. The van der Waals surface area contributed by atoms with E-state index in [4.69, 9.17) is 14.2 Å². The smallest absolute Gasteiger partial charge is 0.253 e. The van der Waals surface area contributed by atoms with Crippen LogP contribution in [-0.4, -0.2) is 97.3 Å². The Morgan fingerprint density at radius 2 is 1.60 bits per heavy atom. The van der Waals surface area contributed by atoms with Gasteiger partial charge in [0.15, 0.2) is 11.5 Å². The van der Waals surface area contributed by atoms with E-state index in [0.29, 0.717) is 85.0 Å². The Labute approximate surface area is 309 Å². The van der Waals surface area contributed by atoms with Crippen molar-refractivity contribution in [1.29, 1.82) is 0 Å². The normalized spacial score (nSPS) is 18.1. The van der Waals surface area contributed by atoms with E-state index in [1.807, 2.05) is 13.8 Å². The number of amides is 5. The highest BCUT2D eigenvalue weighted by molar-refractivity contribution is 5.95. The first-order chi connectivity index (χ1) is 25.6. The first-order valence-electron chi connectivity index (χ1n) is 17.9. The van der Waals surface area contributed by atoms with Crippen molar-refractivity contribution < 1.29 is 38.2 Å². The van der Waals surface area contributed by atoms with Crippen LogP contribution in [0.4, 0.5) is 0 Å². The van der Waals surface area contributed by atoms with Crippen LogP contribution in [0.2, 0.25) is 0 Å². The Morgan fingerprint density at radius 1 is 0.868 bits per heavy atom. The zero-order valence-electron chi connectivity index (χ0n) is 30.7. The third-order valence-corrected chi connectivity index (χ3v) is 9.51. The number of benzene rings is 2. The lowest BCUT2D eigenvalue weighted by atomic mass is 9.94. The molecule has 5 amide bonds. The summed E-state index contributed by atoms with van der Waals surface area (Å²) in [6, 6.07) is 12.5. The van der Waals surface area contributed by atoms with Gasteiger partial charge in [-0.3, -0.25) is 29.0 Å². The summed E-state index contributed by atoms with van der Waals surface area (Å²) in [5, 5.41) is 8.70. The molecule has 1 saturated heterocycles. The predicted octanol–water partition coefficient (Wildman–Crippen LogP) is 3.55. The molecule has 0 radical (unpaired) electrons. The number of hydrogen-bond donors (Lipinski definition) is 3. The van der Waals surface area contributed by atoms with Crippen molar-refractivity contribution in [1.82, 2.24) is 30.7 Å². The summed E-state index contributed by atoms with van der Waals surface area (Å²) in [7, 11) is 3.01. The van der Waals surface area contributed by atoms with Crippen molar-refractivity contribution in [2.45, 2.75) is 52.1 Å². The lowest BCUT2D eigenvalue weighted by molar-refractivity contribution is -0.141. The van der Waals surface area contributed by atoms with Gasteiger partial charge in [0.25, 0.3) is 11.8 Å². The fourth-order valence-electron chi connectivity index (χ4n) is 6.50. The highest BCUT2D eigenvalue weighted by atomic mass is 16.5. The molecule has 14 heteroatoms. The van der Waals surface area contributed by atoms with Gasteiger partial charge in [-0.05, 0) is 74.1 Å². The standard InChI is InChI=1S/C39H48N6O8/c1-25(2)35-37(48)42-23-29-30(51-3)8-7-9-31(29)53-33-22-28(10-11-32(33)52-4)36(47)41-16-5-6-19-45(24-34(46)43-35)39(50)27-14-20-44(21-15-27)38(49)26-12-17-40-18-13-26/h7-13,17-18,22,25,27,35H,5-6,14-16,19-21,23-24H2,1-4H3,(H,41,47)(H,42,48)(H,43,46)/t35-/m1/s1. The minimum absolute atomic E-state index is 0.00668. The highest BCUT2D eigenvalue weighted by Crippen LogP contribution is 2.37. The van der Waals surface area contributed by atoms with Gasteiger partial charge in [0.2, 0.25) is 17.7 Å². The second-order valence-electron chi connectivity index (χ2n) is 13.4. The molecule has 2 aliphatic rings. The van der Waals surface area contributed by atoms with Crippen LogP contribution in [0.25, 0.3) is 0 Å². The van der Waals surface area contributed by atoms with Gasteiger partial charge in [0, 0.05) is 55.6 Å². The summed E-state index contributed by atoms with van der Waals surface area (Å²) in [5.41, 5.74) is 1.43. The van der Waals surface area contributed by atoms with E-state index in [1.54, 1.807) is 65.8 Å². The number of rotatable bonds is 5. The quantitative estimate of drug-likeness (QED) is 0.356. The summed E-state index contributed by atoms with van der Waals surface area (Å²) in [4.78, 5) is 74.6. The van der Waals surface area contributed by atoms with Crippen LogP contribution in [-0.2, 0) is 20.9 Å². The maximum atomic E-state index is 14.0. The molecule has 0 spiro atoms. The Morgan fingerprint density at radius 3 is 2.30 bits per heavy atom. The van der Waals surface area contributed by atoms with Gasteiger partial charge in [0.05, 0.1) is 32.9 Å². The molecule has 3 heterocycles. The lowest BCUT2D eigenvalue weighted by Gasteiger charge is -2.34. The molecular formula is C39H48N6O8. The second-order valence-corrected chi connectivity index (χ2v) is 13.4. The Hall–Kier alpha value is -5.66. The third-order valence-electron chi connectivity index (χ3n) is 9.51. The fraction of sp³-hybridized carbons (Fsp3) is 0.436. The van der Waals surface area contributed by atoms with E-state index < -0.39 is 17.9 Å². The van der Waals surface area contributed by atoms with Gasteiger partial charge in [-0.1, -0.05) is 19.9 Å². The number of pyridine rings is 1. The summed E-state index contributed by atoms with van der Waals surface area (Å²) in [5.74, 6) is -0.594. The molecule has 0 aliphatic carbocycles. The van der Waals surface area contributed by atoms with Gasteiger partial charge in [-0.2, -0.15) is 0 Å². The van der Waals surface area contributed by atoms with Crippen LogP contribution in [0.5, 0.6) is 23.0 Å².